The van der Waals surface area contributed by atoms with Gasteiger partial charge in [-0.05, 0) is 68.3 Å². The predicted octanol–water partition coefficient (Wildman–Crippen LogP) is 6.13. The first-order valence-corrected chi connectivity index (χ1v) is 12.6. The Morgan fingerprint density at radius 2 is 1.78 bits per heavy atom. The van der Waals surface area contributed by atoms with Gasteiger partial charge in [0.05, 0.1) is 18.8 Å². The van der Waals surface area contributed by atoms with Crippen LogP contribution in [0.1, 0.15) is 38.3 Å². The summed E-state index contributed by atoms with van der Waals surface area (Å²) >= 11 is 6.15. The molecule has 3 aromatic carbocycles. The molecule has 1 N–H and O–H groups in total. The Kier molecular flexibility index (Phi) is 8.24. The van der Waals surface area contributed by atoms with E-state index in [0.29, 0.717) is 42.6 Å². The summed E-state index contributed by atoms with van der Waals surface area (Å²) in [6.07, 6.45) is -0.733. The number of fused-ring (bicyclic) bond motifs is 1. The second-order valence-electron chi connectivity index (χ2n) is 9.77. The Bertz CT molecular complexity index is 1240. The summed E-state index contributed by atoms with van der Waals surface area (Å²) in [5.74, 6) is 1.21. The van der Waals surface area contributed by atoms with Gasteiger partial charge in [0.25, 0.3) is 5.91 Å². The molecule has 1 unspecified atom stereocenters. The number of alkyl carbamates (subject to hydrolysis) is 1. The molecule has 0 saturated carbocycles. The zero-order chi connectivity index (χ0) is 26.4. The molecule has 1 aliphatic heterocycles. The molecule has 0 radical (unpaired) electrons. The van der Waals surface area contributed by atoms with E-state index in [0.717, 1.165) is 16.8 Å². The Labute approximate surface area is 222 Å². The molecule has 2 amide bonds. The van der Waals surface area contributed by atoms with E-state index in [9.17, 15) is 9.59 Å². The van der Waals surface area contributed by atoms with Gasteiger partial charge in [-0.1, -0.05) is 48.0 Å². The van der Waals surface area contributed by atoms with Gasteiger partial charge in [-0.25, -0.2) is 4.79 Å². The normalized spacial score (nSPS) is 15.0. The number of halogens is 1. The number of carbonyl (C=O) groups is 2. The second-order valence-corrected chi connectivity index (χ2v) is 10.2. The number of ether oxygens (including phenoxy) is 3. The van der Waals surface area contributed by atoms with Gasteiger partial charge < -0.3 is 24.4 Å². The topological polar surface area (TPSA) is 77.1 Å². The molecule has 0 bridgehead atoms. The van der Waals surface area contributed by atoms with Crippen LogP contribution in [0.4, 0.5) is 10.5 Å². The fourth-order valence-corrected chi connectivity index (χ4v) is 4.13. The van der Waals surface area contributed by atoms with Crippen LogP contribution in [-0.4, -0.2) is 30.3 Å². The highest BCUT2D eigenvalue weighted by molar-refractivity contribution is 6.30. The van der Waals surface area contributed by atoms with Crippen LogP contribution in [0.25, 0.3) is 0 Å². The van der Waals surface area contributed by atoms with Crippen molar-refractivity contribution in [1.82, 2.24) is 5.32 Å². The van der Waals surface area contributed by atoms with Crippen molar-refractivity contribution in [3.05, 3.63) is 88.9 Å². The Morgan fingerprint density at radius 1 is 1.03 bits per heavy atom. The molecule has 0 aliphatic carbocycles. The quantitative estimate of drug-likeness (QED) is 0.385. The molecule has 1 atom stereocenters. The van der Waals surface area contributed by atoms with Gasteiger partial charge in [0.2, 0.25) is 0 Å². The number of benzene rings is 3. The van der Waals surface area contributed by atoms with Crippen molar-refractivity contribution in [3.63, 3.8) is 0 Å². The molecule has 7 nitrogen and oxygen atoms in total. The maximum atomic E-state index is 13.3. The number of para-hydroxylation sites is 2. The predicted molar refractivity (Wildman–Crippen MR) is 143 cm³/mol. The molecular formula is C29H31ClN2O5. The molecule has 194 valence electrons. The van der Waals surface area contributed by atoms with Crippen molar-refractivity contribution in [2.75, 3.05) is 11.5 Å². The lowest BCUT2D eigenvalue weighted by atomic mass is 10.1. The lowest BCUT2D eigenvalue weighted by Gasteiger charge is -2.34. The summed E-state index contributed by atoms with van der Waals surface area (Å²) in [6, 6.07) is 22.4. The maximum absolute atomic E-state index is 13.3. The van der Waals surface area contributed by atoms with E-state index in [2.05, 4.69) is 5.32 Å². The third-order valence-corrected chi connectivity index (χ3v) is 5.84. The van der Waals surface area contributed by atoms with E-state index in [-0.39, 0.29) is 5.91 Å². The zero-order valence-corrected chi connectivity index (χ0v) is 22.0. The maximum Gasteiger partial charge on any atom is 0.407 e. The first-order chi connectivity index (χ1) is 17.7. The Hall–Kier alpha value is -3.71. The fraction of sp³-hybridized carbons (Fsp3) is 0.310. The number of carbonyl (C=O) groups excluding carboxylic acids is 2. The van der Waals surface area contributed by atoms with Crippen molar-refractivity contribution < 1.29 is 23.8 Å². The number of rotatable bonds is 8. The van der Waals surface area contributed by atoms with Crippen LogP contribution in [0.3, 0.4) is 0 Å². The molecule has 0 aromatic heterocycles. The molecule has 4 rings (SSSR count). The van der Waals surface area contributed by atoms with E-state index in [1.807, 2.05) is 93.6 Å². The van der Waals surface area contributed by atoms with Gasteiger partial charge in [0.15, 0.2) is 6.10 Å². The van der Waals surface area contributed by atoms with E-state index in [1.165, 1.54) is 0 Å². The van der Waals surface area contributed by atoms with Crippen molar-refractivity contribution in [2.45, 2.75) is 52.0 Å². The van der Waals surface area contributed by atoms with Crippen molar-refractivity contribution in [3.8, 4) is 11.5 Å². The highest BCUT2D eigenvalue weighted by Gasteiger charge is 2.34. The van der Waals surface area contributed by atoms with E-state index in [1.54, 1.807) is 4.90 Å². The minimum Gasteiger partial charge on any atom is -0.493 e. The van der Waals surface area contributed by atoms with Crippen LogP contribution in [0.2, 0.25) is 5.02 Å². The first kappa shape index (κ1) is 26.4. The molecular weight excluding hydrogens is 492 g/mol. The Balaban J connectivity index is 1.32. The van der Waals surface area contributed by atoms with Gasteiger partial charge in [0.1, 0.15) is 17.1 Å². The molecule has 0 spiro atoms. The van der Waals surface area contributed by atoms with Gasteiger partial charge in [-0.3, -0.25) is 4.79 Å². The Morgan fingerprint density at radius 3 is 2.51 bits per heavy atom. The van der Waals surface area contributed by atoms with Crippen LogP contribution in [0, 0.1) is 0 Å². The highest BCUT2D eigenvalue weighted by atomic mass is 35.5. The van der Waals surface area contributed by atoms with Crippen molar-refractivity contribution >= 4 is 29.3 Å². The van der Waals surface area contributed by atoms with Crippen LogP contribution in [0.5, 0.6) is 11.5 Å². The number of nitrogens with zero attached hydrogens (tertiary/aromatic N) is 1. The highest BCUT2D eigenvalue weighted by Crippen LogP contribution is 2.35. The van der Waals surface area contributed by atoms with Crippen molar-refractivity contribution in [1.29, 1.82) is 0 Å². The minimum absolute atomic E-state index is 0.120. The summed E-state index contributed by atoms with van der Waals surface area (Å²) in [5, 5.41) is 3.36. The van der Waals surface area contributed by atoms with Crippen LogP contribution in [0.15, 0.2) is 72.8 Å². The van der Waals surface area contributed by atoms with E-state index < -0.39 is 17.8 Å². The summed E-state index contributed by atoms with van der Waals surface area (Å²) in [6.45, 7) is 6.51. The molecule has 1 heterocycles. The smallest absolute Gasteiger partial charge is 0.407 e. The van der Waals surface area contributed by atoms with Gasteiger partial charge in [-0.2, -0.15) is 0 Å². The number of amides is 2. The van der Waals surface area contributed by atoms with Crippen LogP contribution >= 0.6 is 11.6 Å². The summed E-state index contributed by atoms with van der Waals surface area (Å²) in [4.78, 5) is 26.9. The standard InChI is InChI=1S/C29H31ClN2O5/c1-29(2,3)37-28(34)31-18-20-11-13-23(14-12-20)35-16-15-26-27(33)32(19-21-7-6-8-22(30)17-21)24-9-4-5-10-25(24)36-26/h4-14,17,26H,15-16,18-19H2,1-3H3,(H,31,34). The molecule has 0 saturated heterocycles. The molecule has 1 aliphatic rings. The van der Waals surface area contributed by atoms with Crippen molar-refractivity contribution in [2.24, 2.45) is 0 Å². The average molecular weight is 523 g/mol. The number of nitrogens with one attached hydrogen (secondary N) is 1. The average Bonchev–Trinajstić information content (AvgIpc) is 2.85. The monoisotopic (exact) mass is 522 g/mol. The lowest BCUT2D eigenvalue weighted by Crippen LogP contribution is -2.46. The zero-order valence-electron chi connectivity index (χ0n) is 21.2. The van der Waals surface area contributed by atoms with Crippen LogP contribution in [-0.2, 0) is 22.6 Å². The summed E-state index contributed by atoms with van der Waals surface area (Å²) in [5.41, 5.74) is 2.05. The van der Waals surface area contributed by atoms with Gasteiger partial charge >= 0.3 is 6.09 Å². The summed E-state index contributed by atoms with van der Waals surface area (Å²) in [7, 11) is 0. The number of hydrogen-bond donors (Lipinski definition) is 1. The molecule has 8 heteroatoms. The number of anilines is 1. The molecule has 0 fully saturated rings. The third kappa shape index (κ3) is 7.40. The number of hydrogen-bond acceptors (Lipinski definition) is 5. The second kappa shape index (κ2) is 11.6. The van der Waals surface area contributed by atoms with Gasteiger partial charge in [-0.15, -0.1) is 0 Å². The molecule has 37 heavy (non-hydrogen) atoms. The fourth-order valence-electron chi connectivity index (χ4n) is 3.92. The third-order valence-electron chi connectivity index (χ3n) is 5.60. The van der Waals surface area contributed by atoms with E-state index >= 15 is 0 Å². The van der Waals surface area contributed by atoms with Gasteiger partial charge in [0, 0.05) is 18.0 Å². The minimum atomic E-state index is -0.661. The largest absolute Gasteiger partial charge is 0.493 e. The SMILES string of the molecule is CC(C)(C)OC(=O)NCc1ccc(OCCC2Oc3ccccc3N(Cc3cccc(Cl)c3)C2=O)cc1. The summed E-state index contributed by atoms with van der Waals surface area (Å²) < 4.78 is 17.2. The van der Waals surface area contributed by atoms with E-state index in [4.69, 9.17) is 25.8 Å². The molecule has 3 aromatic rings. The lowest BCUT2D eigenvalue weighted by molar-refractivity contribution is -0.127. The first-order valence-electron chi connectivity index (χ1n) is 12.2. The van der Waals surface area contributed by atoms with Crippen LogP contribution < -0.4 is 19.7 Å².